The van der Waals surface area contributed by atoms with Crippen molar-refractivity contribution in [1.29, 1.82) is 0 Å². The maximum absolute atomic E-state index is 11.7. The van der Waals surface area contributed by atoms with Crippen molar-refractivity contribution in [3.8, 4) is 0 Å². The van der Waals surface area contributed by atoms with Crippen molar-refractivity contribution in [2.75, 3.05) is 13.6 Å². The van der Waals surface area contributed by atoms with Crippen LogP contribution in [0, 0.1) is 0 Å². The summed E-state index contributed by atoms with van der Waals surface area (Å²) in [5.74, 6) is 0.371. The summed E-state index contributed by atoms with van der Waals surface area (Å²) in [5.41, 5.74) is 2.52. The Morgan fingerprint density at radius 3 is 2.81 bits per heavy atom. The van der Waals surface area contributed by atoms with E-state index in [9.17, 15) is 8.42 Å². The number of amidine groups is 1. The molecule has 0 aromatic rings. The van der Waals surface area contributed by atoms with Crippen LogP contribution in [0.15, 0.2) is 4.40 Å². The first kappa shape index (κ1) is 13.4. The van der Waals surface area contributed by atoms with E-state index in [-0.39, 0.29) is 6.10 Å². The summed E-state index contributed by atoms with van der Waals surface area (Å²) < 4.78 is 28.4. The normalized spacial score (nSPS) is 24.0. The first-order chi connectivity index (χ1) is 7.45. The second kappa shape index (κ2) is 5.60. The number of unbranched alkanes of at least 4 members (excludes halogenated alkanes) is 1. The highest BCUT2D eigenvalue weighted by atomic mass is 32.2. The first-order valence-electron chi connectivity index (χ1n) is 5.42. The number of nitrogens with zero attached hydrogens (tertiary/aromatic N) is 2. The number of hydroxylamine groups is 1. The average molecular weight is 249 g/mol. The van der Waals surface area contributed by atoms with Gasteiger partial charge >= 0.3 is 10.2 Å². The molecule has 1 heterocycles. The molecule has 6 nitrogen and oxygen atoms in total. The summed E-state index contributed by atoms with van der Waals surface area (Å²) in [5, 5.41) is 0. The van der Waals surface area contributed by atoms with Crippen LogP contribution in [0.3, 0.4) is 0 Å². The van der Waals surface area contributed by atoms with Crippen LogP contribution < -0.4 is 5.48 Å². The SMILES string of the molecule is CCCCN(C)S(=O)(=O)N=C1C[C@@H](C)ON1. The van der Waals surface area contributed by atoms with E-state index < -0.39 is 10.2 Å². The van der Waals surface area contributed by atoms with Gasteiger partial charge in [0.25, 0.3) is 0 Å². The fraction of sp³-hybridized carbons (Fsp3) is 0.889. The lowest BCUT2D eigenvalue weighted by molar-refractivity contribution is 0.0575. The predicted octanol–water partition coefficient (Wildman–Crippen LogP) is 0.675. The average Bonchev–Trinajstić information content (AvgIpc) is 2.59. The quantitative estimate of drug-likeness (QED) is 0.777. The molecule has 0 radical (unpaired) electrons. The first-order valence-corrected chi connectivity index (χ1v) is 6.82. The van der Waals surface area contributed by atoms with Gasteiger partial charge in [-0.15, -0.1) is 4.40 Å². The Morgan fingerprint density at radius 2 is 2.31 bits per heavy atom. The van der Waals surface area contributed by atoms with Crippen LogP contribution in [0.1, 0.15) is 33.1 Å². The van der Waals surface area contributed by atoms with Gasteiger partial charge in [-0.1, -0.05) is 13.3 Å². The standard InChI is InChI=1S/C9H19N3O3S/c1-4-5-6-12(3)16(13,14)11-9-7-8(2)15-10-9/h8H,4-7H2,1-3H3,(H,10,11)/t8-/m1/s1. The lowest BCUT2D eigenvalue weighted by atomic mass is 10.3. The van der Waals surface area contributed by atoms with Gasteiger partial charge in [0.05, 0.1) is 6.10 Å². The minimum atomic E-state index is -3.56. The molecule has 94 valence electrons. The Morgan fingerprint density at radius 1 is 1.62 bits per heavy atom. The zero-order valence-corrected chi connectivity index (χ0v) is 10.7. The summed E-state index contributed by atoms with van der Waals surface area (Å²) in [4.78, 5) is 5.01. The Bertz CT molecular complexity index is 353. The van der Waals surface area contributed by atoms with Gasteiger partial charge in [-0.25, -0.2) is 0 Å². The largest absolute Gasteiger partial charge is 0.323 e. The predicted molar refractivity (Wildman–Crippen MR) is 62.2 cm³/mol. The summed E-state index contributed by atoms with van der Waals surface area (Å²) in [7, 11) is -2.02. The van der Waals surface area contributed by atoms with Gasteiger partial charge in [-0.2, -0.15) is 12.7 Å². The van der Waals surface area contributed by atoms with Gasteiger partial charge in [0, 0.05) is 20.0 Å². The van der Waals surface area contributed by atoms with Crippen LogP contribution in [0.2, 0.25) is 0 Å². The van der Waals surface area contributed by atoms with E-state index >= 15 is 0 Å². The molecule has 1 aliphatic rings. The van der Waals surface area contributed by atoms with E-state index in [1.165, 1.54) is 11.4 Å². The van der Waals surface area contributed by atoms with Crippen molar-refractivity contribution >= 4 is 16.0 Å². The highest BCUT2D eigenvalue weighted by Crippen LogP contribution is 2.09. The van der Waals surface area contributed by atoms with Crippen LogP contribution >= 0.6 is 0 Å². The molecule has 1 N–H and O–H groups in total. The van der Waals surface area contributed by atoms with Crippen LogP contribution in [0.25, 0.3) is 0 Å². The third kappa shape index (κ3) is 3.73. The molecule has 1 rings (SSSR count). The van der Waals surface area contributed by atoms with E-state index in [4.69, 9.17) is 4.84 Å². The number of nitrogens with one attached hydrogen (secondary N) is 1. The Balaban J connectivity index is 2.63. The minimum absolute atomic E-state index is 0.0325. The Hall–Kier alpha value is -0.660. The third-order valence-corrected chi connectivity index (χ3v) is 3.73. The molecule has 0 spiro atoms. The van der Waals surface area contributed by atoms with Crippen molar-refractivity contribution in [2.45, 2.75) is 39.2 Å². The molecule has 0 aromatic heterocycles. The van der Waals surface area contributed by atoms with Crippen LogP contribution in [0.4, 0.5) is 0 Å². The van der Waals surface area contributed by atoms with Crippen molar-refractivity contribution in [3.05, 3.63) is 0 Å². The molecule has 1 aliphatic heterocycles. The lowest BCUT2D eigenvalue weighted by Crippen LogP contribution is -2.28. The van der Waals surface area contributed by atoms with Gasteiger partial charge in [0.15, 0.2) is 0 Å². The van der Waals surface area contributed by atoms with Gasteiger partial charge < -0.3 is 0 Å². The highest BCUT2D eigenvalue weighted by Gasteiger charge is 2.22. The summed E-state index contributed by atoms with van der Waals surface area (Å²) >= 11 is 0. The van der Waals surface area contributed by atoms with Crippen LogP contribution in [-0.2, 0) is 15.0 Å². The topological polar surface area (TPSA) is 71.0 Å². The molecule has 0 saturated carbocycles. The number of rotatable bonds is 5. The molecule has 0 aromatic carbocycles. The summed E-state index contributed by atoms with van der Waals surface area (Å²) in [6, 6.07) is 0. The minimum Gasteiger partial charge on any atom is -0.271 e. The molecule has 1 saturated heterocycles. The molecule has 0 bridgehead atoms. The molecule has 1 atom stereocenters. The fourth-order valence-electron chi connectivity index (χ4n) is 1.29. The number of hydrogen-bond acceptors (Lipinski definition) is 3. The van der Waals surface area contributed by atoms with E-state index in [2.05, 4.69) is 9.88 Å². The molecule has 0 unspecified atom stereocenters. The molecule has 16 heavy (non-hydrogen) atoms. The van der Waals surface area contributed by atoms with E-state index in [1.54, 1.807) is 0 Å². The molecular formula is C9H19N3O3S. The maximum atomic E-state index is 11.7. The van der Waals surface area contributed by atoms with Crippen LogP contribution in [0.5, 0.6) is 0 Å². The van der Waals surface area contributed by atoms with Crippen molar-refractivity contribution in [2.24, 2.45) is 4.40 Å². The van der Waals surface area contributed by atoms with Crippen LogP contribution in [-0.4, -0.2) is 38.3 Å². The highest BCUT2D eigenvalue weighted by molar-refractivity contribution is 7.87. The molecule has 0 aliphatic carbocycles. The fourth-order valence-corrected chi connectivity index (χ4v) is 2.17. The molecular weight excluding hydrogens is 230 g/mol. The zero-order valence-electron chi connectivity index (χ0n) is 9.93. The monoisotopic (exact) mass is 249 g/mol. The van der Waals surface area contributed by atoms with E-state index in [1.807, 2.05) is 13.8 Å². The van der Waals surface area contributed by atoms with Crippen molar-refractivity contribution in [3.63, 3.8) is 0 Å². The number of hydrogen-bond donors (Lipinski definition) is 1. The van der Waals surface area contributed by atoms with Gasteiger partial charge in [-0.3, -0.25) is 10.3 Å². The van der Waals surface area contributed by atoms with E-state index in [0.29, 0.717) is 18.8 Å². The maximum Gasteiger partial charge on any atom is 0.323 e. The Kier molecular flexibility index (Phi) is 4.69. The lowest BCUT2D eigenvalue weighted by Gasteiger charge is -2.13. The van der Waals surface area contributed by atoms with Crippen molar-refractivity contribution < 1.29 is 13.3 Å². The van der Waals surface area contributed by atoms with E-state index in [0.717, 1.165) is 12.8 Å². The smallest absolute Gasteiger partial charge is 0.271 e. The molecule has 0 amide bonds. The summed E-state index contributed by atoms with van der Waals surface area (Å²) in [6.45, 7) is 4.36. The summed E-state index contributed by atoms with van der Waals surface area (Å²) in [6.07, 6.45) is 2.26. The second-order valence-electron chi connectivity index (χ2n) is 3.93. The molecule has 1 fully saturated rings. The van der Waals surface area contributed by atoms with Gasteiger partial charge in [-0.05, 0) is 13.3 Å². The van der Waals surface area contributed by atoms with Crippen molar-refractivity contribution in [1.82, 2.24) is 9.79 Å². The second-order valence-corrected chi connectivity index (χ2v) is 5.63. The van der Waals surface area contributed by atoms with Gasteiger partial charge in [0.2, 0.25) is 0 Å². The van der Waals surface area contributed by atoms with Gasteiger partial charge in [0.1, 0.15) is 5.84 Å². The third-order valence-electron chi connectivity index (χ3n) is 2.30. The molecule has 7 heteroatoms. The zero-order chi connectivity index (χ0) is 12.2. The Labute approximate surface area is 96.8 Å².